The van der Waals surface area contributed by atoms with Crippen LogP contribution < -0.4 is 0 Å². The van der Waals surface area contributed by atoms with Crippen LogP contribution in [0.1, 0.15) is 18.5 Å². The van der Waals surface area contributed by atoms with Crippen molar-refractivity contribution >= 4 is 9.69 Å². The Kier molecular flexibility index (Phi) is 11.9. The molecule has 0 fully saturated rings. The molecule has 0 aliphatic rings. The molecule has 0 radical (unpaired) electrons. The quantitative estimate of drug-likeness (QED) is 0.562. The summed E-state index contributed by atoms with van der Waals surface area (Å²) in [5, 5.41) is 0. The molecule has 3 heteroatoms. The van der Waals surface area contributed by atoms with Crippen LogP contribution in [0.2, 0.25) is 0 Å². The molecule has 0 aromatic heterocycles. The summed E-state index contributed by atoms with van der Waals surface area (Å²) in [5.74, 6) is 0. The van der Waals surface area contributed by atoms with Crippen molar-refractivity contribution < 1.29 is 17.3 Å². The molecule has 1 nitrogen and oxygen atoms in total. The molecule has 0 saturated heterocycles. The van der Waals surface area contributed by atoms with Crippen molar-refractivity contribution in [2.45, 2.75) is 13.0 Å². The molecule has 0 spiro atoms. The van der Waals surface area contributed by atoms with Crippen molar-refractivity contribution in [1.82, 2.24) is 4.90 Å². The van der Waals surface area contributed by atoms with Crippen molar-refractivity contribution in [3.63, 3.8) is 0 Å². The molecule has 2 aromatic rings. The fraction of sp³-hybridized carbons (Fsp3) is 0.250. The van der Waals surface area contributed by atoms with Crippen molar-refractivity contribution in [3.8, 4) is 0 Å². The maximum absolute atomic E-state index is 4.57. The zero-order valence-corrected chi connectivity index (χ0v) is 14.0. The largest absolute Gasteiger partial charge is 0.0623 e. The third-order valence-electron chi connectivity index (χ3n) is 2.62. The first-order chi connectivity index (χ1) is 9.22. The van der Waals surface area contributed by atoms with Crippen molar-refractivity contribution in [1.29, 1.82) is 0 Å². The van der Waals surface area contributed by atoms with E-state index in [9.17, 15) is 0 Å². The van der Waals surface area contributed by atoms with Gasteiger partial charge in [0, 0.05) is 6.04 Å². The van der Waals surface area contributed by atoms with Crippen LogP contribution in [0.4, 0.5) is 0 Å². The minimum atomic E-state index is 0.455. The fourth-order valence-electron chi connectivity index (χ4n) is 1.33. The first kappa shape index (κ1) is 18.3. The van der Waals surface area contributed by atoms with Gasteiger partial charge in [0.1, 0.15) is 0 Å². The maximum atomic E-state index is 4.57. The topological polar surface area (TPSA) is 3.24 Å². The van der Waals surface area contributed by atoms with Gasteiger partial charge in [0.2, 0.25) is 0 Å². The van der Waals surface area contributed by atoms with Crippen LogP contribution in [-0.4, -0.2) is 19.0 Å². The van der Waals surface area contributed by atoms with E-state index in [-0.39, 0.29) is 0 Å². The van der Waals surface area contributed by atoms with Gasteiger partial charge in [-0.25, -0.2) is 0 Å². The number of hydrogen-bond donors (Lipinski definition) is 0. The van der Waals surface area contributed by atoms with Gasteiger partial charge in [0.15, 0.2) is 0 Å². The molecule has 0 unspecified atom stereocenters. The number of halogens is 1. The first-order valence-corrected chi connectivity index (χ1v) is 8.22. The average molecular weight is 363 g/mol. The van der Waals surface area contributed by atoms with E-state index in [1.165, 1.54) is 5.56 Å². The van der Waals surface area contributed by atoms with E-state index in [0.29, 0.717) is 6.04 Å². The zero-order chi connectivity index (χ0) is 14.5. The van der Waals surface area contributed by atoms with Crippen molar-refractivity contribution in [3.05, 3.63) is 72.3 Å². The molecule has 2 aromatic carbocycles. The van der Waals surface area contributed by atoms with Crippen LogP contribution in [-0.2, 0) is 17.3 Å². The van der Waals surface area contributed by atoms with E-state index >= 15 is 0 Å². The van der Waals surface area contributed by atoms with Crippen molar-refractivity contribution in [2.75, 3.05) is 14.1 Å². The predicted octanol–water partition coefficient (Wildman–Crippen LogP) is 4.48. The Balaban J connectivity index is 0.000000341. The van der Waals surface area contributed by atoms with Crippen LogP contribution in [0, 0.1) is 6.07 Å². The van der Waals surface area contributed by atoms with E-state index < -0.39 is 0 Å². The summed E-state index contributed by atoms with van der Waals surface area (Å²) in [4.78, 5) is 2.17. The van der Waals surface area contributed by atoms with E-state index in [0.717, 1.165) is 0 Å². The third kappa shape index (κ3) is 8.94. The zero-order valence-electron chi connectivity index (χ0n) is 11.5. The molecule has 19 heavy (non-hydrogen) atoms. The Labute approximate surface area is 131 Å². The third-order valence-corrected chi connectivity index (χ3v) is 2.62. The monoisotopic (exact) mass is 363 g/mol. The van der Waals surface area contributed by atoms with Crippen LogP contribution in [0.3, 0.4) is 0 Å². The Morgan fingerprint density at radius 3 is 1.74 bits per heavy atom. The molecule has 2 rings (SSSR count). The van der Waals surface area contributed by atoms with Crippen LogP contribution in [0.25, 0.3) is 0 Å². The molecule has 0 aliphatic carbocycles. The van der Waals surface area contributed by atoms with Crippen LogP contribution in [0.5, 0.6) is 0 Å². The van der Waals surface area contributed by atoms with Gasteiger partial charge < -0.3 is 4.90 Å². The molecule has 0 heterocycles. The smallest absolute Gasteiger partial charge is 0.0623 e. The van der Waals surface area contributed by atoms with E-state index in [4.69, 9.17) is 0 Å². The SMILES string of the molecule is C[C@H](c1[c-]cccc1)N(C)C.[Cl][Ru+].c1ccccc1. The first-order valence-electron chi connectivity index (χ1n) is 5.98. The van der Waals surface area contributed by atoms with E-state index in [1.54, 1.807) is 0 Å². The van der Waals surface area contributed by atoms with Gasteiger partial charge in [-0.2, -0.15) is 30.3 Å². The molecular weight excluding hydrogens is 343 g/mol. The summed E-state index contributed by atoms with van der Waals surface area (Å²) >= 11 is 1.82. The van der Waals surface area contributed by atoms with E-state index in [2.05, 4.69) is 47.7 Å². The molecule has 104 valence electrons. The van der Waals surface area contributed by atoms with Gasteiger partial charge in [-0.1, -0.05) is 36.4 Å². The number of hydrogen-bond acceptors (Lipinski definition) is 1. The summed E-state index contributed by atoms with van der Waals surface area (Å²) in [6.45, 7) is 2.17. The van der Waals surface area contributed by atoms with E-state index in [1.807, 2.05) is 71.9 Å². The predicted molar refractivity (Wildman–Crippen MR) is 79.7 cm³/mol. The Morgan fingerprint density at radius 1 is 0.947 bits per heavy atom. The Morgan fingerprint density at radius 2 is 1.42 bits per heavy atom. The molecule has 0 saturated carbocycles. The summed E-state index contributed by atoms with van der Waals surface area (Å²) in [6.07, 6.45) is 0. The van der Waals surface area contributed by atoms with Gasteiger partial charge in [0.05, 0.1) is 0 Å². The number of nitrogens with zero attached hydrogens (tertiary/aromatic N) is 1. The van der Waals surface area contributed by atoms with Crippen LogP contribution in [0.15, 0.2) is 60.7 Å². The number of rotatable bonds is 2. The van der Waals surface area contributed by atoms with Gasteiger partial charge in [-0.3, -0.25) is 0 Å². The molecular formula is C16H20ClNRu. The summed E-state index contributed by atoms with van der Waals surface area (Å²) < 4.78 is 0. The Bertz CT molecular complexity index is 365. The second-order valence-corrected chi connectivity index (χ2v) is 4.11. The normalized spacial score (nSPS) is 10.6. The number of benzene rings is 2. The second-order valence-electron chi connectivity index (χ2n) is 4.11. The minimum absolute atomic E-state index is 0.455. The standard InChI is InChI=1S/C10H14N.C6H6.ClH.Ru/c1-9(11(2)3)10-7-5-4-6-8-10;1-2-4-6-5-3-1;;/h4-7,9H,1-3H3;1-6H;1H;/q-1;;;+2/p-1/t9-;;;/m1.../s1. The van der Waals surface area contributed by atoms with Gasteiger partial charge in [-0.05, 0) is 21.0 Å². The molecule has 0 bridgehead atoms. The van der Waals surface area contributed by atoms with Crippen LogP contribution >= 0.6 is 9.69 Å². The average Bonchev–Trinajstić information content (AvgIpc) is 2.51. The van der Waals surface area contributed by atoms with Gasteiger partial charge >= 0.3 is 27.0 Å². The molecule has 1 atom stereocenters. The molecule has 0 amide bonds. The molecule has 0 N–H and O–H groups in total. The summed E-state index contributed by atoms with van der Waals surface area (Å²) in [5.41, 5.74) is 1.25. The van der Waals surface area contributed by atoms with Gasteiger partial charge in [0.25, 0.3) is 0 Å². The molecule has 0 aliphatic heterocycles. The summed E-state index contributed by atoms with van der Waals surface area (Å²) in [7, 11) is 8.72. The Hall–Kier alpha value is -0.687. The fourth-order valence-corrected chi connectivity index (χ4v) is 1.33. The maximum Gasteiger partial charge on any atom is -0.0623 e. The summed E-state index contributed by atoms with van der Waals surface area (Å²) in [6, 6.07) is 23.8. The van der Waals surface area contributed by atoms with Crippen molar-refractivity contribution in [2.24, 2.45) is 0 Å². The van der Waals surface area contributed by atoms with Gasteiger partial charge in [-0.15, -0.1) is 5.56 Å². The second kappa shape index (κ2) is 12.4. The minimum Gasteiger partial charge on any atom is -0.0623 e.